The number of nitrogens with one attached hydrogen (secondary N) is 3. The lowest BCUT2D eigenvalue weighted by atomic mass is 9.78. The van der Waals surface area contributed by atoms with Gasteiger partial charge in [-0.3, -0.25) is 15.6 Å². The fourth-order valence-electron chi connectivity index (χ4n) is 3.47. The molecule has 0 bridgehead atoms. The van der Waals surface area contributed by atoms with E-state index < -0.39 is 0 Å². The van der Waals surface area contributed by atoms with Crippen LogP contribution in [-0.2, 0) is 11.2 Å². The zero-order chi connectivity index (χ0) is 20.8. The number of carbonyl (C=O) groups is 1. The molecule has 3 rings (SSSR count). The van der Waals surface area contributed by atoms with E-state index in [4.69, 9.17) is 16.7 Å². The number of amides is 1. The van der Waals surface area contributed by atoms with Crippen molar-refractivity contribution < 1.29 is 13.7 Å². The third-order valence-corrected chi connectivity index (χ3v) is 5.70. The molecule has 2 aromatic rings. The van der Waals surface area contributed by atoms with Gasteiger partial charge in [0.1, 0.15) is 5.82 Å². The summed E-state index contributed by atoms with van der Waals surface area (Å²) in [6.45, 7) is 4.49. The molecule has 0 spiro atoms. The van der Waals surface area contributed by atoms with Crippen LogP contribution in [0, 0.1) is 17.7 Å². The topological polar surface area (TPSA) is 92.1 Å². The summed E-state index contributed by atoms with van der Waals surface area (Å²) in [4.78, 5) is 16.3. The van der Waals surface area contributed by atoms with Crippen molar-refractivity contribution in [3.8, 4) is 11.4 Å². The number of hydrazine groups is 1. The summed E-state index contributed by atoms with van der Waals surface area (Å²) >= 11 is 5.28. The largest absolute Gasteiger partial charge is 0.358 e. The van der Waals surface area contributed by atoms with Crippen molar-refractivity contribution in [2.75, 3.05) is 0 Å². The summed E-state index contributed by atoms with van der Waals surface area (Å²) in [6, 6.07) is 6.12. The van der Waals surface area contributed by atoms with Gasteiger partial charge in [-0.2, -0.15) is 4.98 Å². The number of carbonyl (C=O) groups excluding carboxylic acids is 1. The lowest BCUT2D eigenvalue weighted by molar-refractivity contribution is -0.121. The van der Waals surface area contributed by atoms with Crippen molar-refractivity contribution in [1.29, 1.82) is 0 Å². The van der Waals surface area contributed by atoms with Gasteiger partial charge >= 0.3 is 0 Å². The molecule has 7 nitrogen and oxygen atoms in total. The minimum absolute atomic E-state index is 0.164. The molecular weight excluding hydrogens is 393 g/mol. The van der Waals surface area contributed by atoms with Crippen LogP contribution in [-0.4, -0.2) is 27.2 Å². The Kier molecular flexibility index (Phi) is 7.13. The minimum Gasteiger partial charge on any atom is -0.358 e. The van der Waals surface area contributed by atoms with Gasteiger partial charge in [0, 0.05) is 24.4 Å². The predicted octanol–water partition coefficient (Wildman–Crippen LogP) is 3.13. The Labute approximate surface area is 174 Å². The Morgan fingerprint density at radius 3 is 2.76 bits per heavy atom. The quantitative estimate of drug-likeness (QED) is 0.506. The Morgan fingerprint density at radius 2 is 2.00 bits per heavy atom. The number of aromatic nitrogens is 2. The first kappa shape index (κ1) is 21.2. The van der Waals surface area contributed by atoms with Crippen molar-refractivity contribution >= 4 is 23.2 Å². The van der Waals surface area contributed by atoms with Crippen molar-refractivity contribution in [3.05, 3.63) is 36.0 Å². The van der Waals surface area contributed by atoms with Gasteiger partial charge < -0.3 is 9.84 Å². The molecule has 1 aliphatic carbocycles. The molecule has 0 radical (unpaired) electrons. The molecule has 1 fully saturated rings. The number of halogens is 1. The van der Waals surface area contributed by atoms with Gasteiger partial charge in [0.05, 0.1) is 0 Å². The monoisotopic (exact) mass is 419 g/mol. The van der Waals surface area contributed by atoms with E-state index in [1.165, 1.54) is 25.0 Å². The molecule has 0 saturated heterocycles. The molecule has 0 aliphatic heterocycles. The van der Waals surface area contributed by atoms with E-state index in [-0.39, 0.29) is 18.1 Å². The molecule has 156 valence electrons. The number of aryl methyl sites for hydroxylation is 1. The minimum atomic E-state index is -0.332. The summed E-state index contributed by atoms with van der Waals surface area (Å²) in [5, 5.41) is 7.57. The zero-order valence-corrected chi connectivity index (χ0v) is 17.4. The fourth-order valence-corrected chi connectivity index (χ4v) is 3.67. The maximum absolute atomic E-state index is 13.0. The molecule has 1 saturated carbocycles. The normalized spacial score (nSPS) is 21.4. The summed E-state index contributed by atoms with van der Waals surface area (Å²) in [7, 11) is 0. The number of nitrogens with zero attached hydrogens (tertiary/aromatic N) is 2. The first-order valence-electron chi connectivity index (χ1n) is 9.86. The lowest BCUT2D eigenvalue weighted by Gasteiger charge is -2.35. The Bertz CT molecular complexity index is 842. The average molecular weight is 420 g/mol. The summed E-state index contributed by atoms with van der Waals surface area (Å²) in [6.07, 6.45) is 3.96. The van der Waals surface area contributed by atoms with Gasteiger partial charge in [0.15, 0.2) is 5.11 Å². The van der Waals surface area contributed by atoms with Crippen molar-refractivity contribution in [2.45, 2.75) is 52.0 Å². The molecule has 1 aromatic carbocycles. The molecular formula is C20H26FN5O2S. The van der Waals surface area contributed by atoms with Crippen LogP contribution < -0.4 is 16.2 Å². The molecule has 0 unspecified atom stereocenters. The van der Waals surface area contributed by atoms with E-state index in [2.05, 4.69) is 40.2 Å². The Balaban J connectivity index is 1.40. The van der Waals surface area contributed by atoms with E-state index in [0.29, 0.717) is 46.7 Å². The van der Waals surface area contributed by atoms with E-state index in [9.17, 15) is 9.18 Å². The van der Waals surface area contributed by atoms with Gasteiger partial charge in [-0.1, -0.05) is 31.8 Å². The maximum Gasteiger partial charge on any atom is 0.238 e. The maximum atomic E-state index is 13.0. The highest BCUT2D eigenvalue weighted by Gasteiger charge is 2.27. The highest BCUT2D eigenvalue weighted by Crippen LogP contribution is 2.29. The first-order valence-corrected chi connectivity index (χ1v) is 10.3. The van der Waals surface area contributed by atoms with Gasteiger partial charge in [-0.05, 0) is 54.7 Å². The van der Waals surface area contributed by atoms with Crippen LogP contribution in [0.2, 0.25) is 0 Å². The third kappa shape index (κ3) is 5.96. The molecule has 9 heteroatoms. The first-order chi connectivity index (χ1) is 13.9. The van der Waals surface area contributed by atoms with Crippen LogP contribution in [0.3, 0.4) is 0 Å². The molecule has 1 amide bonds. The second-order valence-electron chi connectivity index (χ2n) is 7.54. The van der Waals surface area contributed by atoms with Gasteiger partial charge in [0.25, 0.3) is 0 Å². The standard InChI is InChI=1S/C20H26FN5O2S/c1-12-4-3-5-16(13(12)2)22-20(29)25-24-17(27)10-11-18-23-19(26-28-18)14-6-8-15(21)9-7-14/h6-9,12-13,16H,3-5,10-11H2,1-2H3,(H,24,27)(H2,22,25,29)/t12-,13+,16+/m0/s1. The molecule has 29 heavy (non-hydrogen) atoms. The Hall–Kier alpha value is -2.55. The smallest absolute Gasteiger partial charge is 0.238 e. The molecule has 1 aliphatic rings. The average Bonchev–Trinajstić information content (AvgIpc) is 3.18. The van der Waals surface area contributed by atoms with Crippen LogP contribution in [0.25, 0.3) is 11.4 Å². The summed E-state index contributed by atoms with van der Waals surface area (Å²) in [5.74, 6) is 1.33. The van der Waals surface area contributed by atoms with Crippen LogP contribution >= 0.6 is 12.2 Å². The van der Waals surface area contributed by atoms with E-state index >= 15 is 0 Å². The highest BCUT2D eigenvalue weighted by atomic mass is 32.1. The van der Waals surface area contributed by atoms with Gasteiger partial charge in [0.2, 0.25) is 17.6 Å². The van der Waals surface area contributed by atoms with E-state index in [1.807, 2.05) is 0 Å². The lowest BCUT2D eigenvalue weighted by Crippen LogP contribution is -2.52. The van der Waals surface area contributed by atoms with Crippen LogP contribution in [0.1, 0.15) is 45.4 Å². The van der Waals surface area contributed by atoms with E-state index in [1.54, 1.807) is 12.1 Å². The summed E-state index contributed by atoms with van der Waals surface area (Å²) in [5.41, 5.74) is 5.99. The van der Waals surface area contributed by atoms with Crippen LogP contribution in [0.5, 0.6) is 0 Å². The second-order valence-corrected chi connectivity index (χ2v) is 7.95. The number of thiocarbonyl (C=S) groups is 1. The van der Waals surface area contributed by atoms with E-state index in [0.717, 1.165) is 6.42 Å². The van der Waals surface area contributed by atoms with Crippen molar-refractivity contribution in [1.82, 2.24) is 26.3 Å². The SMILES string of the molecule is C[C@@H]1[C@@H](C)CCC[C@H]1NC(=S)NNC(=O)CCc1nc(-c2ccc(F)cc2)no1. The fraction of sp³-hybridized carbons (Fsp3) is 0.500. The number of benzene rings is 1. The zero-order valence-electron chi connectivity index (χ0n) is 16.6. The Morgan fingerprint density at radius 1 is 1.24 bits per heavy atom. The molecule has 1 heterocycles. The highest BCUT2D eigenvalue weighted by molar-refractivity contribution is 7.80. The predicted molar refractivity (Wildman–Crippen MR) is 111 cm³/mol. The summed E-state index contributed by atoms with van der Waals surface area (Å²) < 4.78 is 18.1. The number of rotatable bonds is 5. The molecule has 1 aromatic heterocycles. The third-order valence-electron chi connectivity index (χ3n) is 5.48. The second kappa shape index (κ2) is 9.78. The van der Waals surface area contributed by atoms with Crippen LogP contribution in [0.15, 0.2) is 28.8 Å². The van der Waals surface area contributed by atoms with Gasteiger partial charge in [-0.25, -0.2) is 4.39 Å². The van der Waals surface area contributed by atoms with Crippen LogP contribution in [0.4, 0.5) is 4.39 Å². The molecule has 3 N–H and O–H groups in total. The number of hydrogen-bond donors (Lipinski definition) is 3. The number of hydrogen-bond acceptors (Lipinski definition) is 5. The van der Waals surface area contributed by atoms with Crippen molar-refractivity contribution in [3.63, 3.8) is 0 Å². The van der Waals surface area contributed by atoms with Gasteiger partial charge in [-0.15, -0.1) is 0 Å². The van der Waals surface area contributed by atoms with Crippen molar-refractivity contribution in [2.24, 2.45) is 11.8 Å². The molecule has 3 atom stereocenters.